The van der Waals surface area contributed by atoms with Gasteiger partial charge in [0.2, 0.25) is 0 Å². The Labute approximate surface area is 125 Å². The number of nitrogens with zero attached hydrogens (tertiary/aromatic N) is 1. The summed E-state index contributed by atoms with van der Waals surface area (Å²) in [7, 11) is 1.96. The van der Waals surface area contributed by atoms with Crippen molar-refractivity contribution < 1.29 is 4.74 Å². The van der Waals surface area contributed by atoms with Crippen LogP contribution in [0, 0.1) is 13.8 Å². The first-order chi connectivity index (χ1) is 9.51. The molecule has 2 aromatic rings. The molecule has 0 saturated heterocycles. The number of benzene rings is 1. The van der Waals surface area contributed by atoms with E-state index in [4.69, 9.17) is 4.74 Å². The van der Waals surface area contributed by atoms with Crippen molar-refractivity contribution in [2.75, 3.05) is 7.05 Å². The first-order valence-corrected chi connectivity index (χ1v) is 7.70. The van der Waals surface area contributed by atoms with Crippen molar-refractivity contribution in [3.8, 4) is 5.75 Å². The largest absolute Gasteiger partial charge is 0.491 e. The van der Waals surface area contributed by atoms with Crippen LogP contribution in [0.5, 0.6) is 5.75 Å². The fraction of sp³-hybridized carbons (Fsp3) is 0.438. The Balaban J connectivity index is 2.31. The minimum absolute atomic E-state index is 0.114. The van der Waals surface area contributed by atoms with E-state index in [-0.39, 0.29) is 12.1 Å². The first-order valence-electron chi connectivity index (χ1n) is 6.89. The van der Waals surface area contributed by atoms with Crippen LogP contribution in [0.1, 0.15) is 41.0 Å². The van der Waals surface area contributed by atoms with Crippen molar-refractivity contribution in [2.45, 2.75) is 39.8 Å². The zero-order valence-electron chi connectivity index (χ0n) is 12.7. The summed E-state index contributed by atoms with van der Waals surface area (Å²) in [5.41, 5.74) is 2.29. The maximum Gasteiger partial charge on any atom is 0.120 e. The third kappa shape index (κ3) is 3.38. The van der Waals surface area contributed by atoms with Crippen LogP contribution in [0.3, 0.4) is 0 Å². The van der Waals surface area contributed by atoms with E-state index in [0.29, 0.717) is 0 Å². The van der Waals surface area contributed by atoms with E-state index in [2.05, 4.69) is 36.3 Å². The number of ether oxygens (including phenoxy) is 1. The van der Waals surface area contributed by atoms with Gasteiger partial charge in [0.15, 0.2) is 0 Å². The average Bonchev–Trinajstić information content (AvgIpc) is 2.70. The molecule has 0 spiro atoms. The van der Waals surface area contributed by atoms with Gasteiger partial charge in [0.05, 0.1) is 17.8 Å². The Morgan fingerprint density at radius 3 is 2.55 bits per heavy atom. The Bertz CT molecular complexity index is 558. The van der Waals surface area contributed by atoms with E-state index in [0.717, 1.165) is 16.5 Å². The zero-order valence-corrected chi connectivity index (χ0v) is 13.5. The van der Waals surface area contributed by atoms with E-state index in [1.54, 1.807) is 11.3 Å². The van der Waals surface area contributed by atoms with Crippen molar-refractivity contribution in [3.63, 3.8) is 0 Å². The monoisotopic (exact) mass is 290 g/mol. The summed E-state index contributed by atoms with van der Waals surface area (Å²) in [4.78, 5) is 5.94. The SMILES string of the molecule is CNC(c1cccc(OC(C)C)c1)c1nc(C)c(C)s1. The zero-order chi connectivity index (χ0) is 14.7. The lowest BCUT2D eigenvalue weighted by Gasteiger charge is -2.16. The van der Waals surface area contributed by atoms with Gasteiger partial charge < -0.3 is 10.1 Å². The molecule has 108 valence electrons. The number of nitrogens with one attached hydrogen (secondary N) is 1. The molecule has 3 nitrogen and oxygen atoms in total. The summed E-state index contributed by atoms with van der Waals surface area (Å²) in [6, 6.07) is 8.34. The molecular formula is C16H22N2OS. The van der Waals surface area contributed by atoms with Gasteiger partial charge in [0.25, 0.3) is 0 Å². The highest BCUT2D eigenvalue weighted by Crippen LogP contribution is 2.29. The number of hydrogen-bond acceptors (Lipinski definition) is 4. The molecule has 20 heavy (non-hydrogen) atoms. The fourth-order valence-corrected chi connectivity index (χ4v) is 3.15. The number of thiazole rings is 1. The van der Waals surface area contributed by atoms with E-state index in [1.807, 2.05) is 33.0 Å². The molecule has 0 amide bonds. The van der Waals surface area contributed by atoms with Crippen LogP contribution in [-0.2, 0) is 0 Å². The van der Waals surface area contributed by atoms with Crippen LogP contribution in [0.15, 0.2) is 24.3 Å². The van der Waals surface area contributed by atoms with Crippen LogP contribution in [0.25, 0.3) is 0 Å². The number of aryl methyl sites for hydroxylation is 2. The second-order valence-electron chi connectivity index (χ2n) is 5.15. The maximum atomic E-state index is 5.77. The summed E-state index contributed by atoms with van der Waals surface area (Å²) in [6.45, 7) is 8.24. The normalized spacial score (nSPS) is 12.7. The Hall–Kier alpha value is -1.39. The molecule has 1 heterocycles. The van der Waals surface area contributed by atoms with Crippen molar-refractivity contribution in [1.29, 1.82) is 0 Å². The third-order valence-electron chi connectivity index (χ3n) is 3.14. The molecule has 0 aliphatic carbocycles. The van der Waals surface area contributed by atoms with Crippen LogP contribution in [0.4, 0.5) is 0 Å². The van der Waals surface area contributed by atoms with Crippen LogP contribution in [-0.4, -0.2) is 18.1 Å². The average molecular weight is 290 g/mol. The minimum Gasteiger partial charge on any atom is -0.491 e. The Morgan fingerprint density at radius 2 is 2.00 bits per heavy atom. The molecule has 0 radical (unpaired) electrons. The third-order valence-corrected chi connectivity index (χ3v) is 4.28. The number of hydrogen-bond donors (Lipinski definition) is 1. The fourth-order valence-electron chi connectivity index (χ4n) is 2.09. The topological polar surface area (TPSA) is 34.1 Å². The van der Waals surface area contributed by atoms with Crippen molar-refractivity contribution in [1.82, 2.24) is 10.3 Å². The molecule has 0 aliphatic heterocycles. The van der Waals surface area contributed by atoms with Crippen molar-refractivity contribution >= 4 is 11.3 Å². The van der Waals surface area contributed by atoms with E-state index >= 15 is 0 Å². The summed E-state index contributed by atoms with van der Waals surface area (Å²) >= 11 is 1.75. The van der Waals surface area contributed by atoms with Gasteiger partial charge >= 0.3 is 0 Å². The van der Waals surface area contributed by atoms with Gasteiger partial charge in [-0.3, -0.25) is 0 Å². The van der Waals surface area contributed by atoms with E-state index in [9.17, 15) is 0 Å². The molecule has 0 bridgehead atoms. The van der Waals surface area contributed by atoms with Gasteiger partial charge in [-0.05, 0) is 52.4 Å². The molecule has 1 unspecified atom stereocenters. The summed E-state index contributed by atoms with van der Waals surface area (Å²) in [5, 5.41) is 4.45. The smallest absolute Gasteiger partial charge is 0.120 e. The highest BCUT2D eigenvalue weighted by atomic mass is 32.1. The van der Waals surface area contributed by atoms with Gasteiger partial charge in [-0.1, -0.05) is 12.1 Å². The van der Waals surface area contributed by atoms with Gasteiger partial charge in [0.1, 0.15) is 10.8 Å². The lowest BCUT2D eigenvalue weighted by Crippen LogP contribution is -2.17. The Morgan fingerprint density at radius 1 is 1.25 bits per heavy atom. The molecular weight excluding hydrogens is 268 g/mol. The van der Waals surface area contributed by atoms with Gasteiger partial charge in [-0.15, -0.1) is 11.3 Å². The van der Waals surface area contributed by atoms with E-state index < -0.39 is 0 Å². The molecule has 1 aromatic carbocycles. The van der Waals surface area contributed by atoms with Gasteiger partial charge in [-0.25, -0.2) is 4.98 Å². The number of rotatable bonds is 5. The van der Waals surface area contributed by atoms with Crippen LogP contribution in [0.2, 0.25) is 0 Å². The molecule has 0 aliphatic rings. The highest BCUT2D eigenvalue weighted by Gasteiger charge is 2.17. The number of aromatic nitrogens is 1. The Kier molecular flexibility index (Phi) is 4.78. The summed E-state index contributed by atoms with van der Waals surface area (Å²) in [5.74, 6) is 0.905. The molecule has 1 N–H and O–H groups in total. The summed E-state index contributed by atoms with van der Waals surface area (Å²) < 4.78 is 5.77. The quantitative estimate of drug-likeness (QED) is 0.908. The van der Waals surface area contributed by atoms with E-state index in [1.165, 1.54) is 10.4 Å². The lowest BCUT2D eigenvalue weighted by molar-refractivity contribution is 0.242. The van der Waals surface area contributed by atoms with Crippen LogP contribution >= 0.6 is 11.3 Å². The second kappa shape index (κ2) is 6.37. The molecule has 2 rings (SSSR count). The molecule has 4 heteroatoms. The molecule has 1 aromatic heterocycles. The van der Waals surface area contributed by atoms with Gasteiger partial charge in [0, 0.05) is 4.88 Å². The maximum absolute atomic E-state index is 5.77. The van der Waals surface area contributed by atoms with Crippen LogP contribution < -0.4 is 10.1 Å². The molecule has 0 saturated carbocycles. The predicted molar refractivity (Wildman–Crippen MR) is 84.7 cm³/mol. The molecule has 0 fully saturated rings. The second-order valence-corrected chi connectivity index (χ2v) is 6.39. The highest BCUT2D eigenvalue weighted by molar-refractivity contribution is 7.11. The molecule has 1 atom stereocenters. The predicted octanol–water partition coefficient (Wildman–Crippen LogP) is 3.86. The minimum atomic E-state index is 0.114. The van der Waals surface area contributed by atoms with Crippen molar-refractivity contribution in [3.05, 3.63) is 45.4 Å². The summed E-state index contributed by atoms with van der Waals surface area (Å²) in [6.07, 6.45) is 0.183. The lowest BCUT2D eigenvalue weighted by atomic mass is 10.1. The standard InChI is InChI=1S/C16H22N2OS/c1-10(2)19-14-8-6-7-13(9-14)15(17-5)16-18-11(3)12(4)20-16/h6-10,15,17H,1-5H3. The van der Waals surface area contributed by atoms with Crippen molar-refractivity contribution in [2.24, 2.45) is 0 Å². The van der Waals surface area contributed by atoms with Gasteiger partial charge in [-0.2, -0.15) is 0 Å². The first kappa shape index (κ1) is 15.0.